The number of benzene rings is 1. The standard InChI is InChI=1S/C25H32N3O6PS/c1-17(2)13-22(27-35(32,33)34-16-21-5-4-12-36-21)24(29)26-23(25(30)31)14-18-6-8-19(9-7-18)20-10-11-28(3)15-20/h4-12,15,17,22-23H,13-14,16H2,1-3H3,(H,26,29)(H,30,31)(H2,27,32,33)/t22-,23-/m0/s1. The molecule has 9 nitrogen and oxygen atoms in total. The number of carboxylic acid groups (broad SMARTS) is 1. The molecule has 1 unspecified atom stereocenters. The first-order valence-electron chi connectivity index (χ1n) is 11.5. The number of hydrogen-bond acceptors (Lipinski definition) is 5. The van der Waals surface area contributed by atoms with Crippen molar-refractivity contribution in [2.45, 2.75) is 45.4 Å². The van der Waals surface area contributed by atoms with Crippen molar-refractivity contribution in [3.63, 3.8) is 0 Å². The maximum atomic E-state index is 13.0. The van der Waals surface area contributed by atoms with Crippen LogP contribution in [0, 0.1) is 5.92 Å². The lowest BCUT2D eigenvalue weighted by Gasteiger charge is -2.24. The van der Waals surface area contributed by atoms with Gasteiger partial charge in [0.15, 0.2) is 0 Å². The summed E-state index contributed by atoms with van der Waals surface area (Å²) in [5.41, 5.74) is 2.78. The van der Waals surface area contributed by atoms with E-state index >= 15 is 0 Å². The number of aliphatic carboxylic acids is 1. The van der Waals surface area contributed by atoms with Crippen molar-refractivity contribution in [1.29, 1.82) is 0 Å². The summed E-state index contributed by atoms with van der Waals surface area (Å²) in [6.45, 7) is 3.64. The van der Waals surface area contributed by atoms with Gasteiger partial charge in [0.2, 0.25) is 5.91 Å². The molecule has 0 aliphatic rings. The molecule has 0 spiro atoms. The Balaban J connectivity index is 1.65. The predicted molar refractivity (Wildman–Crippen MR) is 139 cm³/mol. The van der Waals surface area contributed by atoms with Gasteiger partial charge >= 0.3 is 13.7 Å². The normalized spacial score (nSPS) is 14.8. The van der Waals surface area contributed by atoms with Crippen LogP contribution in [0.15, 0.2) is 60.2 Å². The van der Waals surface area contributed by atoms with E-state index in [1.54, 1.807) is 12.1 Å². The van der Waals surface area contributed by atoms with Crippen LogP contribution < -0.4 is 10.4 Å². The summed E-state index contributed by atoms with van der Waals surface area (Å²) in [7, 11) is -2.38. The minimum atomic E-state index is -4.32. The van der Waals surface area contributed by atoms with Crippen molar-refractivity contribution in [3.8, 4) is 11.1 Å². The SMILES string of the molecule is CC(C)C[C@H](NP(=O)(O)OCc1cccs1)C(=O)N[C@@H](Cc1ccc(-c2ccn(C)c2)cc1)C(=O)O. The molecule has 0 bridgehead atoms. The molecule has 0 fully saturated rings. The number of amides is 1. The van der Waals surface area contributed by atoms with Gasteiger partial charge in [0, 0.05) is 30.7 Å². The van der Waals surface area contributed by atoms with E-state index in [0.29, 0.717) is 0 Å². The van der Waals surface area contributed by atoms with Crippen LogP contribution >= 0.6 is 19.1 Å². The van der Waals surface area contributed by atoms with E-state index in [2.05, 4.69) is 10.4 Å². The molecule has 3 atom stereocenters. The molecule has 1 amide bonds. The second-order valence-corrected chi connectivity index (χ2v) is 11.6. The monoisotopic (exact) mass is 533 g/mol. The molecule has 4 N–H and O–H groups in total. The molecule has 3 rings (SSSR count). The van der Waals surface area contributed by atoms with Crippen LogP contribution in [0.1, 0.15) is 30.7 Å². The molecule has 11 heteroatoms. The van der Waals surface area contributed by atoms with E-state index in [9.17, 15) is 24.2 Å². The second kappa shape index (κ2) is 12.5. The largest absolute Gasteiger partial charge is 0.480 e. The number of aryl methyl sites for hydroxylation is 1. The van der Waals surface area contributed by atoms with Gasteiger partial charge in [-0.3, -0.25) is 9.32 Å². The molecule has 194 valence electrons. The number of hydrogen-bond donors (Lipinski definition) is 4. The number of rotatable bonds is 13. The summed E-state index contributed by atoms with van der Waals surface area (Å²) in [4.78, 5) is 36.0. The summed E-state index contributed by atoms with van der Waals surface area (Å²) in [5.74, 6) is -1.87. The van der Waals surface area contributed by atoms with Crippen molar-refractivity contribution in [3.05, 3.63) is 70.7 Å². The highest BCUT2D eigenvalue weighted by Crippen LogP contribution is 2.39. The Morgan fingerprint density at radius 1 is 1.11 bits per heavy atom. The molecular weight excluding hydrogens is 501 g/mol. The lowest BCUT2D eigenvalue weighted by Crippen LogP contribution is -2.50. The molecular formula is C25H32N3O6PS. The molecule has 0 aliphatic heterocycles. The third-order valence-electron chi connectivity index (χ3n) is 5.48. The van der Waals surface area contributed by atoms with Gasteiger partial charge in [0.1, 0.15) is 6.04 Å². The molecule has 1 aromatic carbocycles. The average Bonchev–Trinajstić information content (AvgIpc) is 3.48. The summed E-state index contributed by atoms with van der Waals surface area (Å²) in [6.07, 6.45) is 4.22. The molecule has 36 heavy (non-hydrogen) atoms. The van der Waals surface area contributed by atoms with Gasteiger partial charge in [-0.1, -0.05) is 44.2 Å². The Bertz CT molecular complexity index is 1190. The second-order valence-electron chi connectivity index (χ2n) is 9.05. The van der Waals surface area contributed by atoms with Crippen molar-refractivity contribution >= 4 is 31.0 Å². The van der Waals surface area contributed by atoms with Crippen LogP contribution in [0.3, 0.4) is 0 Å². The zero-order valence-electron chi connectivity index (χ0n) is 20.5. The van der Waals surface area contributed by atoms with Gasteiger partial charge in [-0.15, -0.1) is 11.3 Å². The number of carbonyl (C=O) groups is 2. The Hall–Kier alpha value is -2.75. The fourth-order valence-corrected chi connectivity index (χ4v) is 5.39. The van der Waals surface area contributed by atoms with Crippen molar-refractivity contribution < 1.29 is 28.7 Å². The summed E-state index contributed by atoms with van der Waals surface area (Å²) in [5, 5.41) is 16.5. The Morgan fingerprint density at radius 2 is 1.83 bits per heavy atom. The highest BCUT2D eigenvalue weighted by Gasteiger charge is 2.32. The third-order valence-corrected chi connectivity index (χ3v) is 7.45. The predicted octanol–water partition coefficient (Wildman–Crippen LogP) is 4.19. The van der Waals surface area contributed by atoms with Crippen LogP contribution in [0.4, 0.5) is 0 Å². The van der Waals surface area contributed by atoms with E-state index in [1.807, 2.05) is 73.6 Å². The first-order valence-corrected chi connectivity index (χ1v) is 14.0. The Kier molecular flexibility index (Phi) is 9.64. The number of nitrogens with zero attached hydrogens (tertiary/aromatic N) is 1. The highest BCUT2D eigenvalue weighted by molar-refractivity contribution is 7.50. The van der Waals surface area contributed by atoms with Crippen LogP contribution in [0.5, 0.6) is 0 Å². The molecule has 0 saturated heterocycles. The molecule has 0 radical (unpaired) electrons. The summed E-state index contributed by atoms with van der Waals surface area (Å²) < 4.78 is 19.7. The van der Waals surface area contributed by atoms with Gasteiger partial charge in [-0.25, -0.2) is 14.4 Å². The van der Waals surface area contributed by atoms with Crippen LogP contribution in [0.2, 0.25) is 0 Å². The van der Waals surface area contributed by atoms with Gasteiger partial charge in [0.25, 0.3) is 0 Å². The fraction of sp³-hybridized carbons (Fsp3) is 0.360. The van der Waals surface area contributed by atoms with Gasteiger partial charge in [-0.05, 0) is 46.5 Å². The number of thiophene rings is 1. The van der Waals surface area contributed by atoms with Gasteiger partial charge in [0.05, 0.1) is 12.6 Å². The quantitative estimate of drug-likeness (QED) is 0.243. The van der Waals surface area contributed by atoms with Crippen molar-refractivity contribution in [2.24, 2.45) is 13.0 Å². The first kappa shape index (κ1) is 27.8. The summed E-state index contributed by atoms with van der Waals surface area (Å²) >= 11 is 1.38. The zero-order valence-corrected chi connectivity index (χ0v) is 22.2. The fourth-order valence-electron chi connectivity index (χ4n) is 3.69. The summed E-state index contributed by atoms with van der Waals surface area (Å²) in [6, 6.07) is 10.7. The third kappa shape index (κ3) is 8.43. The minimum Gasteiger partial charge on any atom is -0.480 e. The van der Waals surface area contributed by atoms with Crippen molar-refractivity contribution in [2.75, 3.05) is 0 Å². The van der Waals surface area contributed by atoms with E-state index < -0.39 is 31.7 Å². The average molecular weight is 534 g/mol. The number of carbonyl (C=O) groups excluding carboxylic acids is 1. The van der Waals surface area contributed by atoms with E-state index in [4.69, 9.17) is 4.52 Å². The van der Waals surface area contributed by atoms with Crippen LogP contribution in [-0.2, 0) is 38.8 Å². The maximum Gasteiger partial charge on any atom is 0.403 e. The maximum absolute atomic E-state index is 13.0. The molecule has 3 aromatic rings. The minimum absolute atomic E-state index is 0.000597. The van der Waals surface area contributed by atoms with Crippen molar-refractivity contribution in [1.82, 2.24) is 15.0 Å². The highest BCUT2D eigenvalue weighted by atomic mass is 32.1. The molecule has 0 aliphatic carbocycles. The van der Waals surface area contributed by atoms with E-state index in [1.165, 1.54) is 11.3 Å². The number of nitrogens with one attached hydrogen (secondary N) is 2. The zero-order chi connectivity index (χ0) is 26.3. The van der Waals surface area contributed by atoms with E-state index in [0.717, 1.165) is 21.6 Å². The molecule has 2 heterocycles. The lowest BCUT2D eigenvalue weighted by molar-refractivity contribution is -0.142. The van der Waals surface area contributed by atoms with Crippen LogP contribution in [0.25, 0.3) is 11.1 Å². The van der Waals surface area contributed by atoms with Gasteiger partial charge in [-0.2, -0.15) is 0 Å². The smallest absolute Gasteiger partial charge is 0.403 e. The molecule has 2 aromatic heterocycles. The van der Waals surface area contributed by atoms with Gasteiger partial charge < -0.3 is 19.9 Å². The topological polar surface area (TPSA) is 130 Å². The molecule has 0 saturated carbocycles. The lowest BCUT2D eigenvalue weighted by atomic mass is 10.0. The number of aromatic nitrogens is 1. The van der Waals surface area contributed by atoms with E-state index in [-0.39, 0.29) is 25.4 Å². The Labute approximate surface area is 214 Å². The first-order chi connectivity index (χ1) is 17.0. The van der Waals surface area contributed by atoms with Crippen LogP contribution in [-0.4, -0.2) is 38.5 Å². The number of carboxylic acids is 1. The Morgan fingerprint density at radius 3 is 2.39 bits per heavy atom.